The molecule has 5 heteroatoms. The lowest BCUT2D eigenvalue weighted by atomic mass is 9.90. The van der Waals surface area contributed by atoms with Gasteiger partial charge in [-0.05, 0) is 24.9 Å². The Balaban J connectivity index is 1.52. The first-order chi connectivity index (χ1) is 11.8. The molecule has 0 bridgehead atoms. The first kappa shape index (κ1) is 15.1. The van der Waals surface area contributed by atoms with E-state index in [1.54, 1.807) is 6.26 Å². The molecule has 1 aliphatic heterocycles. The number of benzene rings is 1. The minimum absolute atomic E-state index is 0.476. The van der Waals surface area contributed by atoms with Crippen molar-refractivity contribution in [3.8, 4) is 11.1 Å². The molecule has 1 saturated heterocycles. The molecular weight excluding hydrogens is 300 g/mol. The number of rotatable bonds is 4. The maximum atomic E-state index is 5.33. The number of aryl methyl sites for hydroxylation is 1. The van der Waals surface area contributed by atoms with Crippen molar-refractivity contribution < 1.29 is 4.42 Å². The van der Waals surface area contributed by atoms with Gasteiger partial charge in [0.15, 0.2) is 5.89 Å². The van der Waals surface area contributed by atoms with Gasteiger partial charge in [-0.2, -0.15) is 5.10 Å². The first-order valence-corrected chi connectivity index (χ1v) is 8.51. The molecular formula is C19H22N4O. The topological polar surface area (TPSA) is 58.0 Å². The Morgan fingerprint density at radius 3 is 2.96 bits per heavy atom. The summed E-state index contributed by atoms with van der Waals surface area (Å²) in [6, 6.07) is 10.5. The highest BCUT2D eigenvalue weighted by Crippen LogP contribution is 2.33. The van der Waals surface area contributed by atoms with Gasteiger partial charge in [0.25, 0.3) is 0 Å². The number of hydrogen-bond acceptors (Lipinski definition) is 4. The lowest BCUT2D eigenvalue weighted by Gasteiger charge is -2.32. The molecule has 1 N–H and O–H groups in total. The largest absolute Gasteiger partial charge is 0.449 e. The van der Waals surface area contributed by atoms with Gasteiger partial charge in [0.05, 0.1) is 11.9 Å². The quantitative estimate of drug-likeness (QED) is 0.795. The van der Waals surface area contributed by atoms with Crippen LogP contribution in [0.25, 0.3) is 11.1 Å². The van der Waals surface area contributed by atoms with Crippen LogP contribution in [0.3, 0.4) is 0 Å². The van der Waals surface area contributed by atoms with E-state index in [0.717, 1.165) is 31.2 Å². The van der Waals surface area contributed by atoms with Crippen LogP contribution >= 0.6 is 0 Å². The monoisotopic (exact) mass is 322 g/mol. The highest BCUT2D eigenvalue weighted by atomic mass is 16.3. The van der Waals surface area contributed by atoms with E-state index in [4.69, 9.17) is 4.42 Å². The van der Waals surface area contributed by atoms with Crippen molar-refractivity contribution >= 4 is 0 Å². The van der Waals surface area contributed by atoms with Gasteiger partial charge in [0.1, 0.15) is 6.26 Å². The summed E-state index contributed by atoms with van der Waals surface area (Å²) in [4.78, 5) is 6.89. The minimum atomic E-state index is 0.476. The Morgan fingerprint density at radius 1 is 1.29 bits per heavy atom. The lowest BCUT2D eigenvalue weighted by molar-refractivity contribution is 0.196. The number of hydrogen-bond donors (Lipinski definition) is 1. The van der Waals surface area contributed by atoms with Crippen LogP contribution in [0.15, 0.2) is 47.2 Å². The molecule has 1 fully saturated rings. The van der Waals surface area contributed by atoms with E-state index < -0.39 is 0 Å². The fraction of sp³-hybridized carbons (Fsp3) is 0.368. The Bertz CT molecular complexity index is 793. The van der Waals surface area contributed by atoms with Crippen LogP contribution in [0.1, 0.15) is 36.0 Å². The fourth-order valence-corrected chi connectivity index (χ4v) is 3.60. The molecule has 0 amide bonds. The normalized spacial score (nSPS) is 18.8. The van der Waals surface area contributed by atoms with Gasteiger partial charge < -0.3 is 4.42 Å². The van der Waals surface area contributed by atoms with Crippen molar-refractivity contribution in [3.05, 3.63) is 60.1 Å². The zero-order chi connectivity index (χ0) is 16.4. The number of aromatic nitrogens is 3. The average molecular weight is 322 g/mol. The molecule has 0 saturated carbocycles. The average Bonchev–Trinajstić information content (AvgIpc) is 3.25. The predicted molar refractivity (Wildman–Crippen MR) is 92.5 cm³/mol. The van der Waals surface area contributed by atoms with Gasteiger partial charge in [0, 0.05) is 37.2 Å². The van der Waals surface area contributed by atoms with E-state index in [0.29, 0.717) is 5.92 Å². The molecule has 0 unspecified atom stereocenters. The highest BCUT2D eigenvalue weighted by Gasteiger charge is 2.25. The Hall–Kier alpha value is -2.40. The van der Waals surface area contributed by atoms with Crippen molar-refractivity contribution in [1.82, 2.24) is 20.1 Å². The Morgan fingerprint density at radius 2 is 2.17 bits per heavy atom. The Labute approximate surface area is 141 Å². The van der Waals surface area contributed by atoms with E-state index in [1.807, 2.05) is 19.2 Å². The van der Waals surface area contributed by atoms with Crippen LogP contribution in [0.4, 0.5) is 0 Å². The molecule has 2 aromatic heterocycles. The Kier molecular flexibility index (Phi) is 4.17. The summed E-state index contributed by atoms with van der Waals surface area (Å²) in [5.41, 5.74) is 4.72. The summed E-state index contributed by atoms with van der Waals surface area (Å²) in [6.07, 6.45) is 6.10. The van der Waals surface area contributed by atoms with Crippen molar-refractivity contribution in [1.29, 1.82) is 0 Å². The second kappa shape index (κ2) is 6.61. The van der Waals surface area contributed by atoms with Gasteiger partial charge in [-0.3, -0.25) is 10.00 Å². The number of H-pyrrole nitrogens is 1. The van der Waals surface area contributed by atoms with E-state index in [-0.39, 0.29) is 0 Å². The van der Waals surface area contributed by atoms with Gasteiger partial charge in [0.2, 0.25) is 0 Å². The summed E-state index contributed by atoms with van der Waals surface area (Å²) in [6.45, 7) is 4.87. The molecule has 0 radical (unpaired) electrons. The molecule has 1 atom stereocenters. The highest BCUT2D eigenvalue weighted by molar-refractivity contribution is 5.65. The zero-order valence-electron chi connectivity index (χ0n) is 13.9. The number of piperidine rings is 1. The van der Waals surface area contributed by atoms with Crippen LogP contribution in [0, 0.1) is 6.92 Å². The maximum absolute atomic E-state index is 5.33. The molecule has 0 spiro atoms. The molecule has 3 aromatic rings. The first-order valence-electron chi connectivity index (χ1n) is 8.51. The molecule has 3 heterocycles. The molecule has 24 heavy (non-hydrogen) atoms. The second-order valence-corrected chi connectivity index (χ2v) is 6.50. The molecule has 0 aliphatic carbocycles. The molecule has 4 rings (SSSR count). The number of aromatic amines is 1. The molecule has 124 valence electrons. The number of likely N-dealkylation sites (tertiary alicyclic amines) is 1. The summed E-state index contributed by atoms with van der Waals surface area (Å²) in [7, 11) is 0. The number of nitrogens with zero attached hydrogens (tertiary/aromatic N) is 3. The van der Waals surface area contributed by atoms with E-state index in [1.165, 1.54) is 29.7 Å². The predicted octanol–water partition coefficient (Wildman–Crippen LogP) is 3.75. The molecule has 5 nitrogen and oxygen atoms in total. The fourth-order valence-electron chi connectivity index (χ4n) is 3.60. The summed E-state index contributed by atoms with van der Waals surface area (Å²) in [5, 5.41) is 7.57. The van der Waals surface area contributed by atoms with Gasteiger partial charge >= 0.3 is 0 Å². The summed E-state index contributed by atoms with van der Waals surface area (Å²) in [5.74, 6) is 1.21. The van der Waals surface area contributed by atoms with Crippen molar-refractivity contribution in [2.75, 3.05) is 13.1 Å². The number of oxazole rings is 1. The van der Waals surface area contributed by atoms with Crippen LogP contribution in [-0.4, -0.2) is 33.2 Å². The second-order valence-electron chi connectivity index (χ2n) is 6.50. The zero-order valence-corrected chi connectivity index (χ0v) is 13.9. The maximum Gasteiger partial charge on any atom is 0.191 e. The van der Waals surface area contributed by atoms with E-state index in [2.05, 4.69) is 44.3 Å². The van der Waals surface area contributed by atoms with Crippen LogP contribution in [0.2, 0.25) is 0 Å². The molecule has 1 aromatic carbocycles. The van der Waals surface area contributed by atoms with E-state index >= 15 is 0 Å². The van der Waals surface area contributed by atoms with E-state index in [9.17, 15) is 0 Å². The van der Waals surface area contributed by atoms with Crippen LogP contribution < -0.4 is 0 Å². The lowest BCUT2D eigenvalue weighted by Crippen LogP contribution is -2.34. The van der Waals surface area contributed by atoms with Crippen molar-refractivity contribution in [2.24, 2.45) is 0 Å². The minimum Gasteiger partial charge on any atom is -0.449 e. The number of nitrogens with one attached hydrogen (secondary N) is 1. The van der Waals surface area contributed by atoms with Crippen molar-refractivity contribution in [3.63, 3.8) is 0 Å². The van der Waals surface area contributed by atoms with Crippen LogP contribution in [-0.2, 0) is 6.54 Å². The smallest absolute Gasteiger partial charge is 0.191 e. The van der Waals surface area contributed by atoms with Gasteiger partial charge in [-0.15, -0.1) is 0 Å². The van der Waals surface area contributed by atoms with Gasteiger partial charge in [-0.25, -0.2) is 4.98 Å². The molecule has 1 aliphatic rings. The third-order valence-corrected chi connectivity index (χ3v) is 4.72. The SMILES string of the molecule is Cc1nc(CN2CCC[C@@H](c3[nH]ncc3-c3ccccc3)C2)co1. The van der Waals surface area contributed by atoms with Crippen molar-refractivity contribution in [2.45, 2.75) is 32.2 Å². The van der Waals surface area contributed by atoms with Crippen LogP contribution in [0.5, 0.6) is 0 Å². The summed E-state index contributed by atoms with van der Waals surface area (Å²) < 4.78 is 5.33. The third kappa shape index (κ3) is 3.12. The van der Waals surface area contributed by atoms with Gasteiger partial charge in [-0.1, -0.05) is 30.3 Å². The standard InChI is InChI=1S/C19H22N4O/c1-14-21-17(13-24-14)12-23-9-5-8-16(11-23)19-18(10-20-22-19)15-6-3-2-4-7-15/h2-4,6-7,10,13,16H,5,8-9,11-12H2,1H3,(H,20,22)/t16-/m1/s1. The third-order valence-electron chi connectivity index (χ3n) is 4.72. The summed E-state index contributed by atoms with van der Waals surface area (Å²) >= 11 is 0.